The SMILES string of the molecule is CCCC1CN(CCS(C)=O)C(CC)CN1. The fourth-order valence-corrected chi connectivity index (χ4v) is 2.88. The van der Waals surface area contributed by atoms with Crippen molar-refractivity contribution >= 4 is 10.8 Å². The quantitative estimate of drug-likeness (QED) is 0.765. The molecule has 1 fully saturated rings. The number of piperazine rings is 1. The summed E-state index contributed by atoms with van der Waals surface area (Å²) in [5.41, 5.74) is 0. The molecule has 0 saturated carbocycles. The predicted octanol–water partition coefficient (Wildman–Crippen LogP) is 1.22. The van der Waals surface area contributed by atoms with Crippen LogP contribution in [0.15, 0.2) is 0 Å². The molecule has 0 aliphatic carbocycles. The third-order valence-corrected chi connectivity index (χ3v) is 4.15. The number of nitrogens with zero attached hydrogens (tertiary/aromatic N) is 1. The van der Waals surface area contributed by atoms with Gasteiger partial charge >= 0.3 is 0 Å². The molecule has 0 aromatic carbocycles. The molecule has 3 atom stereocenters. The Morgan fingerprint density at radius 3 is 2.75 bits per heavy atom. The molecule has 1 saturated heterocycles. The largest absolute Gasteiger partial charge is 0.311 e. The van der Waals surface area contributed by atoms with Gasteiger partial charge in [0.1, 0.15) is 0 Å². The highest BCUT2D eigenvalue weighted by atomic mass is 32.2. The van der Waals surface area contributed by atoms with Crippen molar-refractivity contribution in [1.29, 1.82) is 0 Å². The first-order chi connectivity index (χ1) is 7.67. The fraction of sp³-hybridized carbons (Fsp3) is 1.00. The maximum Gasteiger partial charge on any atom is 0.0359 e. The van der Waals surface area contributed by atoms with E-state index in [9.17, 15) is 4.21 Å². The summed E-state index contributed by atoms with van der Waals surface area (Å²) in [6.45, 7) is 7.69. The maximum atomic E-state index is 11.2. The first kappa shape index (κ1) is 14.1. The van der Waals surface area contributed by atoms with Crippen LogP contribution in [0.3, 0.4) is 0 Å². The average Bonchev–Trinajstić information content (AvgIpc) is 2.27. The van der Waals surface area contributed by atoms with Gasteiger partial charge in [-0.15, -0.1) is 0 Å². The molecular formula is C12H26N2OS. The molecule has 16 heavy (non-hydrogen) atoms. The third-order valence-electron chi connectivity index (χ3n) is 3.39. The highest BCUT2D eigenvalue weighted by Crippen LogP contribution is 2.12. The van der Waals surface area contributed by atoms with Gasteiger partial charge in [0.15, 0.2) is 0 Å². The van der Waals surface area contributed by atoms with Crippen LogP contribution in [0, 0.1) is 0 Å². The molecule has 0 amide bonds. The zero-order chi connectivity index (χ0) is 12.0. The lowest BCUT2D eigenvalue weighted by Crippen LogP contribution is -2.56. The zero-order valence-corrected chi connectivity index (χ0v) is 11.7. The third kappa shape index (κ3) is 4.52. The van der Waals surface area contributed by atoms with Crippen molar-refractivity contribution in [2.45, 2.75) is 45.2 Å². The van der Waals surface area contributed by atoms with Gasteiger partial charge in [-0.3, -0.25) is 9.11 Å². The van der Waals surface area contributed by atoms with Gasteiger partial charge in [-0.2, -0.15) is 0 Å². The second-order valence-corrected chi connectivity index (χ2v) is 6.28. The summed E-state index contributed by atoms with van der Waals surface area (Å²) < 4.78 is 11.2. The van der Waals surface area contributed by atoms with Gasteiger partial charge in [-0.05, 0) is 12.8 Å². The monoisotopic (exact) mass is 246 g/mol. The highest BCUT2D eigenvalue weighted by Gasteiger charge is 2.25. The van der Waals surface area contributed by atoms with Crippen LogP contribution in [0.1, 0.15) is 33.1 Å². The molecule has 1 aliphatic heterocycles. The highest BCUT2D eigenvalue weighted by molar-refractivity contribution is 7.84. The van der Waals surface area contributed by atoms with Gasteiger partial charge in [0.2, 0.25) is 0 Å². The summed E-state index contributed by atoms with van der Waals surface area (Å²) in [5.74, 6) is 0.815. The van der Waals surface area contributed by atoms with Gasteiger partial charge in [0, 0.05) is 54.5 Å². The van der Waals surface area contributed by atoms with Crippen LogP contribution in [-0.4, -0.2) is 52.8 Å². The summed E-state index contributed by atoms with van der Waals surface area (Å²) in [7, 11) is -0.661. The predicted molar refractivity (Wildman–Crippen MR) is 71.3 cm³/mol. The lowest BCUT2D eigenvalue weighted by Gasteiger charge is -2.40. The molecule has 0 aromatic heterocycles. The summed E-state index contributed by atoms with van der Waals surface area (Å²) in [6.07, 6.45) is 5.47. The topological polar surface area (TPSA) is 32.3 Å². The Balaban J connectivity index is 2.43. The normalized spacial score (nSPS) is 29.2. The molecular weight excluding hydrogens is 220 g/mol. The maximum absolute atomic E-state index is 11.2. The van der Waals surface area contributed by atoms with Gasteiger partial charge in [-0.1, -0.05) is 20.3 Å². The Labute approximate surface area is 102 Å². The van der Waals surface area contributed by atoms with E-state index < -0.39 is 10.8 Å². The molecule has 1 heterocycles. The summed E-state index contributed by atoms with van der Waals surface area (Å²) in [5, 5.41) is 3.62. The molecule has 0 spiro atoms. The Morgan fingerprint density at radius 2 is 2.19 bits per heavy atom. The van der Waals surface area contributed by atoms with Crippen LogP contribution in [-0.2, 0) is 10.8 Å². The summed E-state index contributed by atoms with van der Waals surface area (Å²) >= 11 is 0. The van der Waals surface area contributed by atoms with Crippen molar-refractivity contribution in [3.8, 4) is 0 Å². The molecule has 96 valence electrons. The van der Waals surface area contributed by atoms with Crippen molar-refractivity contribution in [2.24, 2.45) is 0 Å². The molecule has 0 aromatic rings. The molecule has 0 bridgehead atoms. The minimum atomic E-state index is -0.661. The second-order valence-electron chi connectivity index (χ2n) is 4.73. The van der Waals surface area contributed by atoms with E-state index in [0.717, 1.165) is 25.4 Å². The molecule has 1 aliphatic rings. The Bertz CT molecular complexity index is 223. The number of hydrogen-bond acceptors (Lipinski definition) is 3. The van der Waals surface area contributed by atoms with E-state index >= 15 is 0 Å². The molecule has 1 rings (SSSR count). The van der Waals surface area contributed by atoms with E-state index in [0.29, 0.717) is 12.1 Å². The van der Waals surface area contributed by atoms with Crippen LogP contribution in [0.25, 0.3) is 0 Å². The van der Waals surface area contributed by atoms with Gasteiger partial charge in [-0.25, -0.2) is 0 Å². The Hall–Kier alpha value is 0.0700. The summed E-state index contributed by atoms with van der Waals surface area (Å²) in [4.78, 5) is 2.53. The number of hydrogen-bond donors (Lipinski definition) is 1. The van der Waals surface area contributed by atoms with Crippen molar-refractivity contribution in [2.75, 3.05) is 31.6 Å². The first-order valence-corrected chi connectivity index (χ1v) is 8.17. The van der Waals surface area contributed by atoms with E-state index in [2.05, 4.69) is 24.1 Å². The number of nitrogens with one attached hydrogen (secondary N) is 1. The lowest BCUT2D eigenvalue weighted by atomic mass is 10.0. The van der Waals surface area contributed by atoms with Gasteiger partial charge in [0.05, 0.1) is 0 Å². The lowest BCUT2D eigenvalue weighted by molar-refractivity contribution is 0.131. The van der Waals surface area contributed by atoms with Crippen LogP contribution in [0.2, 0.25) is 0 Å². The average molecular weight is 246 g/mol. The van der Waals surface area contributed by atoms with Gasteiger partial charge in [0.25, 0.3) is 0 Å². The van der Waals surface area contributed by atoms with E-state index in [1.54, 1.807) is 6.26 Å². The van der Waals surface area contributed by atoms with Crippen molar-refractivity contribution in [3.05, 3.63) is 0 Å². The standard InChI is InChI=1S/C12H26N2OS/c1-4-6-11-10-14(7-8-16(3)15)12(5-2)9-13-11/h11-13H,4-10H2,1-3H3. The summed E-state index contributed by atoms with van der Waals surface area (Å²) in [6, 6.07) is 1.27. The minimum Gasteiger partial charge on any atom is -0.311 e. The Morgan fingerprint density at radius 1 is 1.44 bits per heavy atom. The molecule has 3 unspecified atom stereocenters. The van der Waals surface area contributed by atoms with Crippen LogP contribution in [0.5, 0.6) is 0 Å². The first-order valence-electron chi connectivity index (χ1n) is 6.44. The van der Waals surface area contributed by atoms with E-state index in [1.807, 2.05) is 0 Å². The van der Waals surface area contributed by atoms with Crippen LogP contribution in [0.4, 0.5) is 0 Å². The molecule has 3 nitrogen and oxygen atoms in total. The van der Waals surface area contributed by atoms with Crippen molar-refractivity contribution in [1.82, 2.24) is 10.2 Å². The van der Waals surface area contributed by atoms with E-state index in [4.69, 9.17) is 0 Å². The van der Waals surface area contributed by atoms with Gasteiger partial charge < -0.3 is 5.32 Å². The van der Waals surface area contributed by atoms with Crippen molar-refractivity contribution in [3.63, 3.8) is 0 Å². The van der Waals surface area contributed by atoms with E-state index in [-0.39, 0.29) is 0 Å². The Kier molecular flexibility index (Phi) is 6.54. The van der Waals surface area contributed by atoms with Crippen molar-refractivity contribution < 1.29 is 4.21 Å². The van der Waals surface area contributed by atoms with Crippen LogP contribution >= 0.6 is 0 Å². The fourth-order valence-electron chi connectivity index (χ4n) is 2.39. The van der Waals surface area contributed by atoms with E-state index in [1.165, 1.54) is 19.3 Å². The molecule has 1 N–H and O–H groups in total. The van der Waals surface area contributed by atoms with Crippen LogP contribution < -0.4 is 5.32 Å². The molecule has 4 heteroatoms. The zero-order valence-electron chi connectivity index (χ0n) is 10.9. The number of rotatable bonds is 6. The molecule has 0 radical (unpaired) electrons. The smallest absolute Gasteiger partial charge is 0.0359 e. The minimum absolute atomic E-state index is 0.636. The second kappa shape index (κ2) is 7.41.